The number of thiophene rings is 1. The fraction of sp³-hybridized carbons (Fsp3) is 0.0526. The normalized spacial score (nSPS) is 10.7. The lowest BCUT2D eigenvalue weighted by atomic mass is 10.1. The van der Waals surface area contributed by atoms with Gasteiger partial charge in [-0.3, -0.25) is 4.79 Å². The zero-order valence-electron chi connectivity index (χ0n) is 14.4. The maximum atomic E-state index is 14.3. The summed E-state index contributed by atoms with van der Waals surface area (Å²) < 4.78 is 28.3. The van der Waals surface area contributed by atoms with E-state index in [4.69, 9.17) is 5.73 Å². The third-order valence-corrected chi connectivity index (χ3v) is 5.48. The topological polar surface area (TPSA) is 92.4 Å². The smallest absolute Gasteiger partial charge is 0.339 e. The van der Waals surface area contributed by atoms with Gasteiger partial charge in [0.1, 0.15) is 5.56 Å². The fourth-order valence-corrected chi connectivity index (χ4v) is 3.72. The zero-order valence-corrected chi connectivity index (χ0v) is 16.1. The number of thiol groups is 1. The molecule has 0 aliphatic heterocycles. The molecule has 2 aromatic carbocycles. The van der Waals surface area contributed by atoms with Gasteiger partial charge in [-0.1, -0.05) is 12.1 Å². The highest BCUT2D eigenvalue weighted by molar-refractivity contribution is 7.80. The number of hydrogen-bond acceptors (Lipinski definition) is 5. The standard InChI is InChI=1S/C19H14F2N2O3S2/c1-8-2-4-10(16(21)15(8)20)17-14(19(25)26)12(7-28-17)23-18(24)9-3-5-13(27)11(22)6-9/h2-7,27H,22H2,1H3,(H,23,24)(H,25,26). The summed E-state index contributed by atoms with van der Waals surface area (Å²) in [6.45, 7) is 1.40. The predicted octanol–water partition coefficient (Wildman–Crippen LogP) is 4.82. The van der Waals surface area contributed by atoms with Crippen LogP contribution in [0.2, 0.25) is 0 Å². The highest BCUT2D eigenvalue weighted by atomic mass is 32.1. The van der Waals surface area contributed by atoms with Crippen LogP contribution in [0, 0.1) is 18.6 Å². The summed E-state index contributed by atoms with van der Waals surface area (Å²) in [7, 11) is 0. The number of carbonyl (C=O) groups excluding carboxylic acids is 1. The second-order valence-corrected chi connectivity index (χ2v) is 7.31. The number of carboxylic acid groups (broad SMARTS) is 1. The number of nitrogens with two attached hydrogens (primary N) is 1. The Morgan fingerprint density at radius 2 is 1.89 bits per heavy atom. The number of nitrogen functional groups attached to an aromatic ring is 1. The van der Waals surface area contributed by atoms with E-state index in [-0.39, 0.29) is 38.5 Å². The van der Waals surface area contributed by atoms with E-state index in [1.54, 1.807) is 0 Å². The van der Waals surface area contributed by atoms with E-state index in [1.165, 1.54) is 42.6 Å². The van der Waals surface area contributed by atoms with E-state index in [0.29, 0.717) is 4.90 Å². The third-order valence-electron chi connectivity index (χ3n) is 4.06. The van der Waals surface area contributed by atoms with Crippen LogP contribution in [-0.4, -0.2) is 17.0 Å². The molecule has 0 fully saturated rings. The Bertz CT molecular complexity index is 1110. The molecule has 1 aromatic heterocycles. The SMILES string of the molecule is Cc1ccc(-c2scc(NC(=O)c3ccc(S)c(N)c3)c2C(=O)O)c(F)c1F. The Morgan fingerprint density at radius 3 is 2.54 bits per heavy atom. The van der Waals surface area contributed by atoms with Crippen molar-refractivity contribution in [3.63, 3.8) is 0 Å². The van der Waals surface area contributed by atoms with Gasteiger partial charge in [-0.2, -0.15) is 0 Å². The van der Waals surface area contributed by atoms with Crippen LogP contribution in [0.3, 0.4) is 0 Å². The van der Waals surface area contributed by atoms with E-state index < -0.39 is 23.5 Å². The first-order valence-electron chi connectivity index (χ1n) is 7.90. The van der Waals surface area contributed by atoms with Crippen LogP contribution in [0.4, 0.5) is 20.2 Å². The molecule has 0 unspecified atom stereocenters. The molecule has 1 heterocycles. The van der Waals surface area contributed by atoms with Crippen LogP contribution in [0.1, 0.15) is 26.3 Å². The number of hydrogen-bond donors (Lipinski definition) is 4. The van der Waals surface area contributed by atoms with Crippen LogP contribution in [-0.2, 0) is 0 Å². The summed E-state index contributed by atoms with van der Waals surface area (Å²) in [4.78, 5) is 24.7. The highest BCUT2D eigenvalue weighted by Crippen LogP contribution is 2.38. The number of aryl methyl sites for hydroxylation is 1. The van der Waals surface area contributed by atoms with Crippen LogP contribution in [0.15, 0.2) is 40.6 Å². The van der Waals surface area contributed by atoms with Gasteiger partial charge in [0.05, 0.1) is 10.6 Å². The molecule has 1 amide bonds. The van der Waals surface area contributed by atoms with Crippen LogP contribution < -0.4 is 11.1 Å². The molecule has 3 aromatic rings. The molecule has 0 saturated heterocycles. The van der Waals surface area contributed by atoms with Gasteiger partial charge in [-0.15, -0.1) is 24.0 Å². The van der Waals surface area contributed by atoms with Gasteiger partial charge in [0.15, 0.2) is 11.6 Å². The Hall–Kier alpha value is -2.91. The number of carbonyl (C=O) groups is 2. The number of halogens is 2. The molecule has 0 saturated carbocycles. The Morgan fingerprint density at radius 1 is 1.18 bits per heavy atom. The maximum Gasteiger partial charge on any atom is 0.339 e. The first-order valence-corrected chi connectivity index (χ1v) is 9.23. The van der Waals surface area contributed by atoms with Crippen LogP contribution >= 0.6 is 24.0 Å². The average molecular weight is 420 g/mol. The van der Waals surface area contributed by atoms with Gasteiger partial charge < -0.3 is 16.2 Å². The number of benzene rings is 2. The van der Waals surface area contributed by atoms with Gasteiger partial charge in [-0.05, 0) is 30.7 Å². The number of carboxylic acids is 1. The fourth-order valence-electron chi connectivity index (χ4n) is 2.57. The van der Waals surface area contributed by atoms with E-state index >= 15 is 0 Å². The molecule has 4 N–H and O–H groups in total. The lowest BCUT2D eigenvalue weighted by molar-refractivity contribution is 0.0699. The molecule has 0 atom stereocenters. The van der Waals surface area contributed by atoms with Crippen molar-refractivity contribution in [2.45, 2.75) is 11.8 Å². The maximum absolute atomic E-state index is 14.3. The quantitative estimate of drug-likeness (QED) is 0.360. The minimum Gasteiger partial charge on any atom is -0.478 e. The van der Waals surface area contributed by atoms with Crippen molar-refractivity contribution in [3.8, 4) is 10.4 Å². The molecule has 3 rings (SSSR count). The summed E-state index contributed by atoms with van der Waals surface area (Å²) >= 11 is 5.02. The second-order valence-electron chi connectivity index (χ2n) is 5.94. The average Bonchev–Trinajstić information content (AvgIpc) is 3.05. The summed E-state index contributed by atoms with van der Waals surface area (Å²) in [6.07, 6.45) is 0. The van der Waals surface area contributed by atoms with Crippen molar-refractivity contribution in [2.75, 3.05) is 11.1 Å². The number of amides is 1. The number of aromatic carboxylic acids is 1. The third kappa shape index (κ3) is 3.58. The molecule has 5 nitrogen and oxygen atoms in total. The summed E-state index contributed by atoms with van der Waals surface area (Å²) in [5.41, 5.74) is 5.80. The van der Waals surface area contributed by atoms with Crippen molar-refractivity contribution in [3.05, 3.63) is 64.0 Å². The first-order chi connectivity index (χ1) is 13.2. The Labute approximate surface area is 168 Å². The summed E-state index contributed by atoms with van der Waals surface area (Å²) in [5, 5.41) is 13.4. The van der Waals surface area contributed by atoms with Gasteiger partial charge in [0.25, 0.3) is 5.91 Å². The summed E-state index contributed by atoms with van der Waals surface area (Å²) in [6, 6.07) is 7.09. The number of anilines is 2. The van der Waals surface area contributed by atoms with Gasteiger partial charge in [0.2, 0.25) is 0 Å². The molecule has 144 valence electrons. The van der Waals surface area contributed by atoms with Crippen LogP contribution in [0.25, 0.3) is 10.4 Å². The van der Waals surface area contributed by atoms with E-state index in [9.17, 15) is 23.5 Å². The van der Waals surface area contributed by atoms with Crippen molar-refractivity contribution < 1.29 is 23.5 Å². The highest BCUT2D eigenvalue weighted by Gasteiger charge is 2.24. The Balaban J connectivity index is 2.02. The van der Waals surface area contributed by atoms with Crippen molar-refractivity contribution in [2.24, 2.45) is 0 Å². The molecular weight excluding hydrogens is 406 g/mol. The largest absolute Gasteiger partial charge is 0.478 e. The Kier molecular flexibility index (Phi) is 5.39. The zero-order chi connectivity index (χ0) is 20.6. The molecule has 28 heavy (non-hydrogen) atoms. The minimum atomic E-state index is -1.38. The number of nitrogens with one attached hydrogen (secondary N) is 1. The molecule has 0 aliphatic carbocycles. The van der Waals surface area contributed by atoms with Gasteiger partial charge in [-0.25, -0.2) is 13.6 Å². The van der Waals surface area contributed by atoms with E-state index in [0.717, 1.165) is 11.3 Å². The van der Waals surface area contributed by atoms with Crippen molar-refractivity contribution in [1.29, 1.82) is 0 Å². The molecule has 0 radical (unpaired) electrons. The predicted molar refractivity (Wildman–Crippen MR) is 107 cm³/mol. The molecule has 0 spiro atoms. The lowest BCUT2D eigenvalue weighted by Crippen LogP contribution is -2.14. The molecular formula is C19H14F2N2O3S2. The number of rotatable bonds is 4. The molecule has 0 aliphatic rings. The van der Waals surface area contributed by atoms with E-state index in [2.05, 4.69) is 17.9 Å². The minimum absolute atomic E-state index is 0.00409. The van der Waals surface area contributed by atoms with Gasteiger partial charge >= 0.3 is 5.97 Å². The molecule has 0 bridgehead atoms. The lowest BCUT2D eigenvalue weighted by Gasteiger charge is -2.09. The molecule has 9 heteroatoms. The summed E-state index contributed by atoms with van der Waals surface area (Å²) in [5.74, 6) is -4.16. The van der Waals surface area contributed by atoms with Crippen molar-refractivity contribution in [1.82, 2.24) is 0 Å². The van der Waals surface area contributed by atoms with Gasteiger partial charge in [0, 0.05) is 27.1 Å². The first kappa shape index (κ1) is 19.8. The monoisotopic (exact) mass is 420 g/mol. The van der Waals surface area contributed by atoms with Crippen molar-refractivity contribution >= 4 is 47.2 Å². The second kappa shape index (κ2) is 7.61. The van der Waals surface area contributed by atoms with Crippen LogP contribution in [0.5, 0.6) is 0 Å². The van der Waals surface area contributed by atoms with E-state index in [1.807, 2.05) is 0 Å².